The molecule has 0 saturated heterocycles. The standard InChI is InChI=1S/C20H19N5O3/c1-12-9-18(22-19-10-13(24-25-19)14-7-4-8-26-14)23-20(21-12)17-11-27-15-5-2-3-6-16(15)28-17/h2-6,8-10,14,17H,7,11H2,1H3,(H2,21,22,23,24,25). The summed E-state index contributed by atoms with van der Waals surface area (Å²) in [5, 5.41) is 10.5. The zero-order valence-corrected chi connectivity index (χ0v) is 15.3. The number of benzene rings is 1. The van der Waals surface area contributed by atoms with Gasteiger partial charge in [0.15, 0.2) is 29.2 Å². The SMILES string of the molecule is Cc1cc(Nc2cc(C3CC=CO3)[nH]n2)nc(C2COc3ccccc3O2)n1. The van der Waals surface area contributed by atoms with Gasteiger partial charge in [-0.3, -0.25) is 5.10 Å². The summed E-state index contributed by atoms with van der Waals surface area (Å²) in [7, 11) is 0. The molecule has 1 aromatic carbocycles. The molecule has 5 rings (SSSR count). The molecular formula is C20H19N5O3. The number of aromatic nitrogens is 4. The molecule has 0 spiro atoms. The van der Waals surface area contributed by atoms with Gasteiger partial charge in [0.05, 0.1) is 12.0 Å². The van der Waals surface area contributed by atoms with Crippen molar-refractivity contribution in [2.75, 3.05) is 11.9 Å². The van der Waals surface area contributed by atoms with Crippen molar-refractivity contribution in [2.45, 2.75) is 25.6 Å². The summed E-state index contributed by atoms with van der Waals surface area (Å²) in [6, 6.07) is 11.4. The summed E-state index contributed by atoms with van der Waals surface area (Å²) in [6.45, 7) is 2.28. The number of aryl methyl sites for hydroxylation is 1. The highest BCUT2D eigenvalue weighted by Crippen LogP contribution is 2.35. The average Bonchev–Trinajstić information content (AvgIpc) is 3.39. The highest BCUT2D eigenvalue weighted by atomic mass is 16.6. The number of hydrogen-bond acceptors (Lipinski definition) is 7. The Morgan fingerprint density at radius 2 is 1.96 bits per heavy atom. The first-order valence-electron chi connectivity index (χ1n) is 9.11. The van der Waals surface area contributed by atoms with Crippen LogP contribution < -0.4 is 14.8 Å². The fraction of sp³-hybridized carbons (Fsp3) is 0.250. The number of nitrogens with zero attached hydrogens (tertiary/aromatic N) is 3. The Bertz CT molecular complexity index is 1020. The van der Waals surface area contributed by atoms with Crippen molar-refractivity contribution in [3.8, 4) is 11.5 Å². The second-order valence-electron chi connectivity index (χ2n) is 6.68. The van der Waals surface area contributed by atoms with E-state index in [9.17, 15) is 0 Å². The third-order valence-corrected chi connectivity index (χ3v) is 4.56. The summed E-state index contributed by atoms with van der Waals surface area (Å²) in [5.74, 6) is 3.31. The van der Waals surface area contributed by atoms with Crippen LogP contribution in [0, 0.1) is 6.92 Å². The Balaban J connectivity index is 1.35. The molecular weight excluding hydrogens is 358 g/mol. The van der Waals surface area contributed by atoms with E-state index in [1.807, 2.05) is 49.4 Å². The quantitative estimate of drug-likeness (QED) is 0.715. The molecule has 8 nitrogen and oxygen atoms in total. The molecule has 0 saturated carbocycles. The normalized spacial score (nSPS) is 20.0. The number of ether oxygens (including phenoxy) is 3. The van der Waals surface area contributed by atoms with Crippen LogP contribution in [0.25, 0.3) is 0 Å². The van der Waals surface area contributed by atoms with Crippen LogP contribution in [0.1, 0.15) is 35.8 Å². The lowest BCUT2D eigenvalue weighted by atomic mass is 10.2. The van der Waals surface area contributed by atoms with Gasteiger partial charge in [-0.2, -0.15) is 5.10 Å². The number of hydrogen-bond donors (Lipinski definition) is 2. The first kappa shape index (κ1) is 16.6. The van der Waals surface area contributed by atoms with E-state index in [1.165, 1.54) is 0 Å². The highest BCUT2D eigenvalue weighted by molar-refractivity contribution is 5.52. The maximum absolute atomic E-state index is 6.03. The zero-order valence-electron chi connectivity index (χ0n) is 15.3. The van der Waals surface area contributed by atoms with Gasteiger partial charge in [-0.25, -0.2) is 9.97 Å². The number of H-pyrrole nitrogens is 1. The van der Waals surface area contributed by atoms with Crippen molar-refractivity contribution in [3.05, 3.63) is 65.9 Å². The Hall–Kier alpha value is -3.55. The summed E-state index contributed by atoms with van der Waals surface area (Å²) in [4.78, 5) is 9.14. The fourth-order valence-electron chi connectivity index (χ4n) is 3.23. The Morgan fingerprint density at radius 1 is 1.07 bits per heavy atom. The lowest BCUT2D eigenvalue weighted by Crippen LogP contribution is -2.24. The molecule has 3 aromatic rings. The molecule has 2 unspecified atom stereocenters. The molecule has 2 aliphatic rings. The minimum Gasteiger partial charge on any atom is -0.492 e. The van der Waals surface area contributed by atoms with Crippen LogP contribution in [0.3, 0.4) is 0 Å². The molecule has 2 atom stereocenters. The number of nitrogens with one attached hydrogen (secondary N) is 2. The predicted molar refractivity (Wildman–Crippen MR) is 102 cm³/mol. The van der Waals surface area contributed by atoms with Gasteiger partial charge >= 0.3 is 0 Å². The maximum atomic E-state index is 6.03. The summed E-state index contributed by atoms with van der Waals surface area (Å²) < 4.78 is 17.3. The Morgan fingerprint density at radius 3 is 2.82 bits per heavy atom. The molecule has 0 radical (unpaired) electrons. The molecule has 2 N–H and O–H groups in total. The van der Waals surface area contributed by atoms with E-state index in [4.69, 9.17) is 14.2 Å². The lowest BCUT2D eigenvalue weighted by Gasteiger charge is -2.25. The van der Waals surface area contributed by atoms with E-state index in [0.717, 1.165) is 23.6 Å². The van der Waals surface area contributed by atoms with Crippen LogP contribution in [-0.2, 0) is 4.74 Å². The molecule has 4 heterocycles. The molecule has 8 heteroatoms. The molecule has 0 aliphatic carbocycles. The second kappa shape index (κ2) is 6.88. The third kappa shape index (κ3) is 3.24. The second-order valence-corrected chi connectivity index (χ2v) is 6.68. The number of anilines is 2. The van der Waals surface area contributed by atoms with Gasteiger partial charge in [-0.1, -0.05) is 12.1 Å². The molecule has 28 heavy (non-hydrogen) atoms. The first-order chi connectivity index (χ1) is 13.7. The number of rotatable bonds is 4. The topological polar surface area (TPSA) is 94.2 Å². The van der Waals surface area contributed by atoms with Crippen molar-refractivity contribution in [1.82, 2.24) is 20.2 Å². The average molecular weight is 377 g/mol. The third-order valence-electron chi connectivity index (χ3n) is 4.56. The van der Waals surface area contributed by atoms with Crippen molar-refractivity contribution in [1.29, 1.82) is 0 Å². The zero-order chi connectivity index (χ0) is 18.9. The van der Waals surface area contributed by atoms with Gasteiger partial charge in [0.1, 0.15) is 18.5 Å². The summed E-state index contributed by atoms with van der Waals surface area (Å²) >= 11 is 0. The van der Waals surface area contributed by atoms with Gasteiger partial charge in [0.2, 0.25) is 0 Å². The summed E-state index contributed by atoms with van der Waals surface area (Å²) in [6.07, 6.45) is 4.15. The van der Waals surface area contributed by atoms with Crippen LogP contribution in [0.5, 0.6) is 11.5 Å². The lowest BCUT2D eigenvalue weighted by molar-refractivity contribution is 0.0850. The Kier molecular flexibility index (Phi) is 4.08. The van der Waals surface area contributed by atoms with E-state index in [2.05, 4.69) is 25.5 Å². The fourth-order valence-corrected chi connectivity index (χ4v) is 3.23. The minimum absolute atomic E-state index is 0.0152. The number of aromatic amines is 1. The van der Waals surface area contributed by atoms with E-state index < -0.39 is 0 Å². The number of fused-ring (bicyclic) bond motifs is 1. The van der Waals surface area contributed by atoms with E-state index in [-0.39, 0.29) is 12.2 Å². The molecule has 0 amide bonds. The van der Waals surface area contributed by atoms with Gasteiger partial charge in [-0.05, 0) is 25.1 Å². The smallest absolute Gasteiger partial charge is 0.192 e. The van der Waals surface area contributed by atoms with Crippen molar-refractivity contribution in [2.24, 2.45) is 0 Å². The Labute approximate surface area is 161 Å². The van der Waals surface area contributed by atoms with Crippen LogP contribution in [0.2, 0.25) is 0 Å². The number of para-hydroxylation sites is 2. The van der Waals surface area contributed by atoms with Crippen LogP contribution in [0.4, 0.5) is 11.6 Å². The minimum atomic E-state index is -0.372. The largest absolute Gasteiger partial charge is 0.492 e. The van der Waals surface area contributed by atoms with Crippen molar-refractivity contribution >= 4 is 11.6 Å². The van der Waals surface area contributed by atoms with E-state index in [0.29, 0.717) is 29.8 Å². The molecule has 142 valence electrons. The summed E-state index contributed by atoms with van der Waals surface area (Å²) in [5.41, 5.74) is 1.74. The molecule has 0 bridgehead atoms. The van der Waals surface area contributed by atoms with Gasteiger partial charge in [0.25, 0.3) is 0 Å². The highest BCUT2D eigenvalue weighted by Gasteiger charge is 2.25. The molecule has 2 aromatic heterocycles. The van der Waals surface area contributed by atoms with Gasteiger partial charge in [-0.15, -0.1) is 0 Å². The molecule has 0 fully saturated rings. The van der Waals surface area contributed by atoms with Crippen molar-refractivity contribution < 1.29 is 14.2 Å². The first-order valence-corrected chi connectivity index (χ1v) is 9.11. The van der Waals surface area contributed by atoms with Gasteiger partial charge < -0.3 is 19.5 Å². The van der Waals surface area contributed by atoms with Crippen LogP contribution in [-0.4, -0.2) is 26.8 Å². The molecule has 2 aliphatic heterocycles. The maximum Gasteiger partial charge on any atom is 0.192 e. The van der Waals surface area contributed by atoms with E-state index >= 15 is 0 Å². The van der Waals surface area contributed by atoms with Crippen LogP contribution >= 0.6 is 0 Å². The van der Waals surface area contributed by atoms with Gasteiger partial charge in [0, 0.05) is 24.2 Å². The van der Waals surface area contributed by atoms with Crippen molar-refractivity contribution in [3.63, 3.8) is 0 Å². The van der Waals surface area contributed by atoms with E-state index in [1.54, 1.807) is 6.26 Å². The predicted octanol–water partition coefficient (Wildman–Crippen LogP) is 3.74. The monoisotopic (exact) mass is 377 g/mol. The van der Waals surface area contributed by atoms with Crippen LogP contribution in [0.15, 0.2) is 48.7 Å².